The maximum Gasteiger partial charge on any atom is 0.399 e. The molecule has 1 rings (SSSR count). The normalized spacial score (nSPS) is 21.8. The Kier molecular flexibility index (Phi) is 3.06. The van der Waals surface area contributed by atoms with Crippen molar-refractivity contribution < 1.29 is 14.3 Å². The summed E-state index contributed by atoms with van der Waals surface area (Å²) in [5.74, 6) is -0.512. The molecule has 0 radical (unpaired) electrons. The predicted molar refractivity (Wildman–Crippen MR) is 48.5 cm³/mol. The van der Waals surface area contributed by atoms with Crippen molar-refractivity contribution >= 4 is 11.7 Å². The van der Waals surface area contributed by atoms with Gasteiger partial charge in [0.15, 0.2) is 6.04 Å². The van der Waals surface area contributed by atoms with Crippen LogP contribution in [0.25, 0.3) is 0 Å². The van der Waals surface area contributed by atoms with Gasteiger partial charge in [-0.1, -0.05) is 6.08 Å². The van der Waals surface area contributed by atoms with Crippen LogP contribution < -0.4 is 0 Å². The molecule has 13 heavy (non-hydrogen) atoms. The Morgan fingerprint density at radius 3 is 3.15 bits per heavy atom. The minimum Gasteiger partial charge on any atom is -0.623 e. The number of ether oxygens (including phenoxy) is 1. The van der Waals surface area contributed by atoms with Gasteiger partial charge in [-0.2, -0.15) is 4.74 Å². The van der Waals surface area contributed by atoms with Crippen LogP contribution in [0.4, 0.5) is 0 Å². The standard InChI is InChI=1S/C9H13NO3/c1-3-4-7-5-6-8(10(7)12)9(11)13-2/h3,7H,1,4-6H2,2H3. The first-order valence-corrected chi connectivity index (χ1v) is 4.22. The van der Waals surface area contributed by atoms with Crippen LogP contribution in [0.15, 0.2) is 12.7 Å². The largest absolute Gasteiger partial charge is 0.623 e. The Bertz CT molecular complexity index is 258. The van der Waals surface area contributed by atoms with Crippen molar-refractivity contribution in [2.45, 2.75) is 25.3 Å². The molecule has 0 saturated carbocycles. The summed E-state index contributed by atoms with van der Waals surface area (Å²) < 4.78 is 5.24. The Hall–Kier alpha value is -1.32. The molecule has 0 fully saturated rings. The van der Waals surface area contributed by atoms with Gasteiger partial charge in [0.25, 0.3) is 5.71 Å². The van der Waals surface area contributed by atoms with Crippen molar-refractivity contribution in [1.29, 1.82) is 0 Å². The summed E-state index contributed by atoms with van der Waals surface area (Å²) in [5.41, 5.74) is 0.231. The number of hydrogen-bond donors (Lipinski definition) is 0. The molecule has 4 heteroatoms. The maximum atomic E-state index is 11.4. The molecule has 0 aromatic rings. The second-order valence-corrected chi connectivity index (χ2v) is 2.98. The Balaban J connectivity index is 2.75. The minimum atomic E-state index is -0.512. The number of hydrogen-bond acceptors (Lipinski definition) is 3. The molecule has 0 amide bonds. The first kappa shape index (κ1) is 9.77. The summed E-state index contributed by atoms with van der Waals surface area (Å²) in [5, 5.41) is 11.4. The number of hydroxylamine groups is 1. The number of methoxy groups -OCH3 is 1. The van der Waals surface area contributed by atoms with Crippen molar-refractivity contribution in [2.75, 3.05) is 7.11 Å². The van der Waals surface area contributed by atoms with Gasteiger partial charge < -0.3 is 9.94 Å². The van der Waals surface area contributed by atoms with Gasteiger partial charge in [0.05, 0.1) is 7.11 Å². The van der Waals surface area contributed by atoms with Gasteiger partial charge in [-0.05, 0) is 0 Å². The summed E-state index contributed by atoms with van der Waals surface area (Å²) in [6.07, 6.45) is 3.52. The van der Waals surface area contributed by atoms with Crippen LogP contribution in [0.1, 0.15) is 19.3 Å². The zero-order valence-electron chi connectivity index (χ0n) is 7.66. The Morgan fingerprint density at radius 1 is 1.92 bits per heavy atom. The van der Waals surface area contributed by atoms with Gasteiger partial charge in [0, 0.05) is 19.3 Å². The average molecular weight is 183 g/mol. The van der Waals surface area contributed by atoms with Crippen LogP contribution in [0, 0.1) is 5.21 Å². The van der Waals surface area contributed by atoms with E-state index in [4.69, 9.17) is 0 Å². The molecule has 4 nitrogen and oxygen atoms in total. The average Bonchev–Trinajstić information content (AvgIpc) is 2.48. The Labute approximate surface area is 77.1 Å². The molecule has 1 heterocycles. The van der Waals surface area contributed by atoms with E-state index in [-0.39, 0.29) is 11.8 Å². The van der Waals surface area contributed by atoms with E-state index in [0.717, 1.165) is 4.74 Å². The summed E-state index contributed by atoms with van der Waals surface area (Å²) in [4.78, 5) is 11.0. The van der Waals surface area contributed by atoms with E-state index in [0.29, 0.717) is 19.3 Å². The molecule has 0 saturated heterocycles. The lowest BCUT2D eigenvalue weighted by atomic mass is 10.1. The van der Waals surface area contributed by atoms with Crippen LogP contribution in [-0.4, -0.2) is 29.6 Å². The molecule has 1 aliphatic rings. The lowest BCUT2D eigenvalue weighted by molar-refractivity contribution is -0.490. The van der Waals surface area contributed by atoms with E-state index in [9.17, 15) is 10.0 Å². The number of nitrogens with zero attached hydrogens (tertiary/aromatic N) is 1. The summed E-state index contributed by atoms with van der Waals surface area (Å²) in [6.45, 7) is 3.56. The van der Waals surface area contributed by atoms with Gasteiger partial charge >= 0.3 is 5.97 Å². The fourth-order valence-electron chi connectivity index (χ4n) is 1.47. The first-order chi connectivity index (χ1) is 6.20. The number of carbonyl (C=O) groups is 1. The zero-order chi connectivity index (χ0) is 9.84. The maximum absolute atomic E-state index is 11.4. The van der Waals surface area contributed by atoms with Crippen molar-refractivity contribution in [1.82, 2.24) is 0 Å². The van der Waals surface area contributed by atoms with Gasteiger partial charge in [0.1, 0.15) is 0 Å². The molecule has 0 aromatic carbocycles. The van der Waals surface area contributed by atoms with E-state index in [1.54, 1.807) is 6.08 Å². The highest BCUT2D eigenvalue weighted by Gasteiger charge is 2.33. The third-order valence-electron chi connectivity index (χ3n) is 2.17. The first-order valence-electron chi connectivity index (χ1n) is 4.22. The highest BCUT2D eigenvalue weighted by Crippen LogP contribution is 2.16. The molecule has 0 N–H and O–H groups in total. The molecule has 0 bridgehead atoms. The van der Waals surface area contributed by atoms with Crippen LogP contribution in [0.2, 0.25) is 0 Å². The quantitative estimate of drug-likeness (QED) is 0.282. The molecule has 1 atom stereocenters. The van der Waals surface area contributed by atoms with Crippen LogP contribution in [0.5, 0.6) is 0 Å². The molecular formula is C9H13NO3. The topological polar surface area (TPSA) is 52.4 Å². The number of esters is 1. The van der Waals surface area contributed by atoms with Crippen molar-refractivity contribution in [3.05, 3.63) is 17.9 Å². The zero-order valence-corrected chi connectivity index (χ0v) is 7.66. The number of rotatable bonds is 3. The molecular weight excluding hydrogens is 170 g/mol. The summed E-state index contributed by atoms with van der Waals surface area (Å²) >= 11 is 0. The predicted octanol–water partition coefficient (Wildman–Crippen LogP) is 0.849. The molecule has 0 aliphatic carbocycles. The molecule has 1 unspecified atom stereocenters. The van der Waals surface area contributed by atoms with Gasteiger partial charge in [0.2, 0.25) is 0 Å². The highest BCUT2D eigenvalue weighted by molar-refractivity contribution is 6.34. The SMILES string of the molecule is C=CCC1CCC(C(=O)OC)=[N+]1[O-]. The number of carbonyl (C=O) groups excluding carboxylic acids is 1. The van der Waals surface area contributed by atoms with Gasteiger partial charge in [-0.3, -0.25) is 0 Å². The lowest BCUT2D eigenvalue weighted by Crippen LogP contribution is -2.24. The smallest absolute Gasteiger partial charge is 0.399 e. The van der Waals surface area contributed by atoms with E-state index in [1.807, 2.05) is 0 Å². The fraction of sp³-hybridized carbons (Fsp3) is 0.556. The van der Waals surface area contributed by atoms with Crippen LogP contribution in [-0.2, 0) is 9.53 Å². The van der Waals surface area contributed by atoms with Gasteiger partial charge in [-0.15, -0.1) is 6.58 Å². The van der Waals surface area contributed by atoms with Crippen LogP contribution in [0.3, 0.4) is 0 Å². The minimum absolute atomic E-state index is 0.133. The van der Waals surface area contributed by atoms with Crippen molar-refractivity contribution in [3.8, 4) is 0 Å². The van der Waals surface area contributed by atoms with E-state index in [1.165, 1.54) is 7.11 Å². The molecule has 1 aliphatic heterocycles. The molecule has 72 valence electrons. The van der Waals surface area contributed by atoms with Crippen molar-refractivity contribution in [3.63, 3.8) is 0 Å². The van der Waals surface area contributed by atoms with E-state index >= 15 is 0 Å². The van der Waals surface area contributed by atoms with E-state index in [2.05, 4.69) is 11.3 Å². The summed E-state index contributed by atoms with van der Waals surface area (Å²) in [6, 6.07) is -0.133. The Morgan fingerprint density at radius 2 is 2.62 bits per heavy atom. The van der Waals surface area contributed by atoms with Crippen LogP contribution >= 0.6 is 0 Å². The molecule has 0 spiro atoms. The highest BCUT2D eigenvalue weighted by atomic mass is 16.5. The third-order valence-corrected chi connectivity index (χ3v) is 2.17. The third kappa shape index (κ3) is 1.88. The van der Waals surface area contributed by atoms with Crippen molar-refractivity contribution in [2.24, 2.45) is 0 Å². The van der Waals surface area contributed by atoms with E-state index < -0.39 is 5.97 Å². The summed E-state index contributed by atoms with van der Waals surface area (Å²) in [7, 11) is 1.28. The second kappa shape index (κ2) is 4.07. The van der Waals surface area contributed by atoms with Gasteiger partial charge in [-0.25, -0.2) is 4.79 Å². The monoisotopic (exact) mass is 183 g/mol. The fourth-order valence-corrected chi connectivity index (χ4v) is 1.47. The molecule has 0 aromatic heterocycles. The second-order valence-electron chi connectivity index (χ2n) is 2.98. The lowest BCUT2D eigenvalue weighted by Gasteiger charge is -2.08.